The molecule has 1 aliphatic heterocycles. The molecule has 2 aliphatic rings. The molecule has 0 amide bonds. The number of rotatable bonds is 3. The van der Waals surface area contributed by atoms with Crippen LogP contribution >= 0.6 is 0 Å². The zero-order valence-electron chi connectivity index (χ0n) is 11.1. The summed E-state index contributed by atoms with van der Waals surface area (Å²) in [6.07, 6.45) is 2.81. The van der Waals surface area contributed by atoms with E-state index in [0.29, 0.717) is 19.0 Å². The number of hydrogen-bond acceptors (Lipinski definition) is 4. The summed E-state index contributed by atoms with van der Waals surface area (Å²) in [6.45, 7) is 8.49. The van der Waals surface area contributed by atoms with Crippen LogP contribution in [0.4, 0.5) is 0 Å². The average Bonchev–Trinajstić information content (AvgIpc) is 2.96. The SMILES string of the molecule is CC(C)(C)OC=O.OCC1CNCC1C1CC1. The molecular formula is C13H25NO3. The first-order valence-electron chi connectivity index (χ1n) is 6.41. The number of aliphatic hydroxyl groups excluding tert-OH is 1. The third-order valence-electron chi connectivity index (χ3n) is 3.26. The molecule has 1 saturated heterocycles. The Morgan fingerprint density at radius 1 is 1.35 bits per heavy atom. The van der Waals surface area contributed by atoms with E-state index in [-0.39, 0.29) is 5.60 Å². The number of carbonyl (C=O) groups is 1. The molecule has 4 heteroatoms. The fourth-order valence-electron chi connectivity index (χ4n) is 2.17. The van der Waals surface area contributed by atoms with Crippen molar-refractivity contribution >= 4 is 6.47 Å². The van der Waals surface area contributed by atoms with Crippen molar-refractivity contribution in [2.45, 2.75) is 39.2 Å². The van der Waals surface area contributed by atoms with Gasteiger partial charge in [-0.15, -0.1) is 0 Å². The van der Waals surface area contributed by atoms with E-state index < -0.39 is 0 Å². The number of ether oxygens (including phenoxy) is 1. The third kappa shape index (κ3) is 5.50. The first-order valence-corrected chi connectivity index (χ1v) is 6.41. The lowest BCUT2D eigenvalue weighted by molar-refractivity contribution is -0.138. The second-order valence-corrected chi connectivity index (χ2v) is 5.93. The van der Waals surface area contributed by atoms with Crippen molar-refractivity contribution in [3.05, 3.63) is 0 Å². The molecule has 1 aliphatic carbocycles. The molecule has 1 saturated carbocycles. The Balaban J connectivity index is 0.000000185. The zero-order chi connectivity index (χ0) is 12.9. The van der Waals surface area contributed by atoms with Crippen molar-refractivity contribution in [3.8, 4) is 0 Å². The van der Waals surface area contributed by atoms with E-state index in [2.05, 4.69) is 10.1 Å². The monoisotopic (exact) mass is 243 g/mol. The van der Waals surface area contributed by atoms with Crippen LogP contribution in [-0.2, 0) is 9.53 Å². The Hall–Kier alpha value is -0.610. The molecule has 0 spiro atoms. The van der Waals surface area contributed by atoms with Gasteiger partial charge in [0, 0.05) is 13.2 Å². The van der Waals surface area contributed by atoms with Crippen LogP contribution in [0.1, 0.15) is 33.6 Å². The van der Waals surface area contributed by atoms with E-state index in [4.69, 9.17) is 5.11 Å². The van der Waals surface area contributed by atoms with E-state index in [1.54, 1.807) is 0 Å². The summed E-state index contributed by atoms with van der Waals surface area (Å²) in [5.74, 6) is 2.31. The molecule has 0 aromatic rings. The number of carbonyl (C=O) groups excluding carboxylic acids is 1. The number of aliphatic hydroxyl groups is 1. The fourth-order valence-corrected chi connectivity index (χ4v) is 2.17. The second kappa shape index (κ2) is 6.36. The molecule has 2 rings (SSSR count). The largest absolute Gasteiger partial charge is 0.462 e. The van der Waals surface area contributed by atoms with Gasteiger partial charge in [-0.2, -0.15) is 0 Å². The highest BCUT2D eigenvalue weighted by atomic mass is 16.5. The maximum Gasteiger partial charge on any atom is 0.293 e. The summed E-state index contributed by atoms with van der Waals surface area (Å²) >= 11 is 0. The van der Waals surface area contributed by atoms with Gasteiger partial charge in [-0.3, -0.25) is 4.79 Å². The normalized spacial score (nSPS) is 28.2. The van der Waals surface area contributed by atoms with Crippen LogP contribution in [0.3, 0.4) is 0 Å². The zero-order valence-corrected chi connectivity index (χ0v) is 11.1. The van der Waals surface area contributed by atoms with Gasteiger partial charge in [0.2, 0.25) is 0 Å². The topological polar surface area (TPSA) is 58.6 Å². The van der Waals surface area contributed by atoms with Gasteiger partial charge in [-0.05, 0) is 57.9 Å². The van der Waals surface area contributed by atoms with Crippen molar-refractivity contribution in [2.75, 3.05) is 19.7 Å². The maximum absolute atomic E-state index is 9.60. The summed E-state index contributed by atoms with van der Waals surface area (Å²) in [5.41, 5.74) is -0.318. The van der Waals surface area contributed by atoms with Crippen LogP contribution in [0.5, 0.6) is 0 Å². The summed E-state index contributed by atoms with van der Waals surface area (Å²) < 4.78 is 4.55. The predicted molar refractivity (Wildman–Crippen MR) is 66.6 cm³/mol. The Bertz CT molecular complexity index is 233. The van der Waals surface area contributed by atoms with Crippen molar-refractivity contribution in [1.29, 1.82) is 0 Å². The lowest BCUT2D eigenvalue weighted by Gasteiger charge is -2.14. The summed E-state index contributed by atoms with van der Waals surface area (Å²) in [6, 6.07) is 0. The van der Waals surface area contributed by atoms with Gasteiger partial charge in [-0.1, -0.05) is 0 Å². The highest BCUT2D eigenvalue weighted by Gasteiger charge is 2.38. The highest BCUT2D eigenvalue weighted by molar-refractivity contribution is 5.37. The molecule has 2 atom stereocenters. The quantitative estimate of drug-likeness (QED) is 0.731. The Morgan fingerprint density at radius 2 is 2.00 bits per heavy atom. The first kappa shape index (κ1) is 14.5. The van der Waals surface area contributed by atoms with Crippen molar-refractivity contribution in [1.82, 2.24) is 5.32 Å². The fraction of sp³-hybridized carbons (Fsp3) is 0.923. The first-order chi connectivity index (χ1) is 7.98. The van der Waals surface area contributed by atoms with Crippen molar-refractivity contribution in [3.63, 3.8) is 0 Å². The summed E-state index contributed by atoms with van der Waals surface area (Å²) in [7, 11) is 0. The van der Waals surface area contributed by atoms with E-state index in [1.165, 1.54) is 12.8 Å². The van der Waals surface area contributed by atoms with Gasteiger partial charge >= 0.3 is 0 Å². The van der Waals surface area contributed by atoms with Crippen LogP contribution in [0.25, 0.3) is 0 Å². The van der Waals surface area contributed by atoms with Crippen LogP contribution in [-0.4, -0.2) is 36.9 Å². The lowest BCUT2D eigenvalue weighted by atomic mass is 9.92. The van der Waals surface area contributed by atoms with Gasteiger partial charge in [0.15, 0.2) is 0 Å². The molecule has 0 aromatic heterocycles. The molecule has 0 bridgehead atoms. The summed E-state index contributed by atoms with van der Waals surface area (Å²) in [4.78, 5) is 9.60. The molecule has 4 nitrogen and oxygen atoms in total. The van der Waals surface area contributed by atoms with Gasteiger partial charge in [0.1, 0.15) is 5.60 Å². The standard InChI is InChI=1S/C8H15NO.C5H10O2/c10-5-7-3-9-4-8(7)6-1-2-6;1-5(2,3)7-4-6/h6-10H,1-5H2;4H,1-3H3. The molecule has 1 heterocycles. The van der Waals surface area contributed by atoms with Crippen molar-refractivity contribution in [2.24, 2.45) is 17.8 Å². The van der Waals surface area contributed by atoms with Crippen LogP contribution in [0, 0.1) is 17.8 Å². The van der Waals surface area contributed by atoms with Gasteiger partial charge in [-0.25, -0.2) is 0 Å². The molecule has 0 aromatic carbocycles. The Kier molecular flexibility index (Phi) is 5.40. The van der Waals surface area contributed by atoms with Gasteiger partial charge in [0.05, 0.1) is 0 Å². The van der Waals surface area contributed by atoms with Crippen LogP contribution in [0.15, 0.2) is 0 Å². The van der Waals surface area contributed by atoms with E-state index >= 15 is 0 Å². The minimum atomic E-state index is -0.318. The molecule has 2 N–H and O–H groups in total. The van der Waals surface area contributed by atoms with Gasteiger partial charge < -0.3 is 15.2 Å². The molecule has 100 valence electrons. The molecule has 2 unspecified atom stereocenters. The molecule has 2 fully saturated rings. The maximum atomic E-state index is 9.60. The van der Waals surface area contributed by atoms with E-state index in [0.717, 1.165) is 24.9 Å². The van der Waals surface area contributed by atoms with Crippen LogP contribution in [0.2, 0.25) is 0 Å². The minimum Gasteiger partial charge on any atom is -0.462 e. The summed E-state index contributed by atoms with van der Waals surface area (Å²) in [5, 5.41) is 12.3. The second-order valence-electron chi connectivity index (χ2n) is 5.93. The number of hydrogen-bond donors (Lipinski definition) is 2. The number of nitrogens with one attached hydrogen (secondary N) is 1. The molecule has 17 heavy (non-hydrogen) atoms. The molecular weight excluding hydrogens is 218 g/mol. The van der Waals surface area contributed by atoms with Gasteiger partial charge in [0.25, 0.3) is 6.47 Å². The smallest absolute Gasteiger partial charge is 0.293 e. The minimum absolute atomic E-state index is 0.318. The Labute approximate surface area is 104 Å². The van der Waals surface area contributed by atoms with Crippen molar-refractivity contribution < 1.29 is 14.6 Å². The lowest BCUT2D eigenvalue weighted by Crippen LogP contribution is -2.17. The van der Waals surface area contributed by atoms with Crippen LogP contribution < -0.4 is 5.32 Å². The molecule has 0 radical (unpaired) electrons. The van der Waals surface area contributed by atoms with E-state index in [1.807, 2.05) is 20.8 Å². The third-order valence-corrected chi connectivity index (χ3v) is 3.26. The predicted octanol–water partition coefficient (Wildman–Crippen LogP) is 1.18. The average molecular weight is 243 g/mol. The Morgan fingerprint density at radius 3 is 2.35 bits per heavy atom. The van der Waals surface area contributed by atoms with E-state index in [9.17, 15) is 4.79 Å². The highest BCUT2D eigenvalue weighted by Crippen LogP contribution is 2.41.